The average molecular weight is 202 g/mol. The van der Waals surface area contributed by atoms with Crippen LogP contribution >= 0.6 is 0 Å². The lowest BCUT2D eigenvalue weighted by molar-refractivity contribution is 0.587. The van der Waals surface area contributed by atoms with Gasteiger partial charge in [0, 0.05) is 0 Å². The van der Waals surface area contributed by atoms with Crippen LogP contribution in [0.15, 0.2) is 43.0 Å². The van der Waals surface area contributed by atoms with Crippen molar-refractivity contribution in [3.63, 3.8) is 0 Å². The molecule has 0 aromatic heterocycles. The molecule has 0 radical (unpaired) electrons. The molecule has 0 saturated carbocycles. The number of benzene rings is 1. The summed E-state index contributed by atoms with van der Waals surface area (Å²) < 4.78 is 0. The molecule has 0 fully saturated rings. The SMILES string of the molecule is C=CCCCCCC(C)c1ccccc1. The van der Waals surface area contributed by atoms with Crippen LogP contribution in [0, 0.1) is 0 Å². The fourth-order valence-electron chi connectivity index (χ4n) is 1.86. The predicted octanol–water partition coefficient (Wildman–Crippen LogP) is 4.93. The zero-order valence-corrected chi connectivity index (χ0v) is 9.78. The summed E-state index contributed by atoms with van der Waals surface area (Å²) >= 11 is 0. The summed E-state index contributed by atoms with van der Waals surface area (Å²) in [5.41, 5.74) is 1.47. The molecule has 15 heavy (non-hydrogen) atoms. The standard InChI is InChI=1S/C15H22/c1-3-4-5-6-8-11-14(2)15-12-9-7-10-13-15/h3,7,9-10,12-14H,1,4-6,8,11H2,2H3. The lowest BCUT2D eigenvalue weighted by Crippen LogP contribution is -1.92. The van der Waals surface area contributed by atoms with Crippen molar-refractivity contribution in [3.8, 4) is 0 Å². The van der Waals surface area contributed by atoms with Crippen LogP contribution in [0.1, 0.15) is 50.5 Å². The smallest absolute Gasteiger partial charge is 0.0190 e. The zero-order valence-electron chi connectivity index (χ0n) is 9.78. The molecule has 0 aliphatic rings. The Morgan fingerprint density at radius 2 is 1.87 bits per heavy atom. The molecule has 0 aliphatic heterocycles. The lowest BCUT2D eigenvalue weighted by atomic mass is 9.95. The Labute approximate surface area is 94.0 Å². The highest BCUT2D eigenvalue weighted by atomic mass is 14.1. The molecule has 0 heterocycles. The van der Waals surface area contributed by atoms with Crippen molar-refractivity contribution >= 4 is 0 Å². The van der Waals surface area contributed by atoms with Crippen molar-refractivity contribution in [2.75, 3.05) is 0 Å². The molecule has 0 nitrogen and oxygen atoms in total. The first kappa shape index (κ1) is 12.0. The van der Waals surface area contributed by atoms with E-state index in [-0.39, 0.29) is 0 Å². The van der Waals surface area contributed by atoms with Gasteiger partial charge in [-0.15, -0.1) is 6.58 Å². The van der Waals surface area contributed by atoms with E-state index in [0.29, 0.717) is 5.92 Å². The highest BCUT2D eigenvalue weighted by Gasteiger charge is 2.03. The van der Waals surface area contributed by atoms with E-state index in [2.05, 4.69) is 43.8 Å². The van der Waals surface area contributed by atoms with Crippen molar-refractivity contribution in [3.05, 3.63) is 48.6 Å². The summed E-state index contributed by atoms with van der Waals surface area (Å²) in [6, 6.07) is 10.8. The molecule has 1 rings (SSSR count). The van der Waals surface area contributed by atoms with Crippen LogP contribution in [-0.4, -0.2) is 0 Å². The summed E-state index contributed by atoms with van der Waals surface area (Å²) in [6.07, 6.45) is 8.46. The lowest BCUT2D eigenvalue weighted by Gasteiger charge is -2.11. The second kappa shape index (κ2) is 7.28. The maximum atomic E-state index is 3.74. The Bertz CT molecular complexity index is 261. The van der Waals surface area contributed by atoms with Crippen LogP contribution in [-0.2, 0) is 0 Å². The molecule has 0 spiro atoms. The monoisotopic (exact) mass is 202 g/mol. The van der Waals surface area contributed by atoms with Gasteiger partial charge in [-0.05, 0) is 30.7 Å². The fraction of sp³-hybridized carbons (Fsp3) is 0.467. The minimum absolute atomic E-state index is 0.704. The van der Waals surface area contributed by atoms with Gasteiger partial charge in [0.25, 0.3) is 0 Å². The first-order valence-corrected chi connectivity index (χ1v) is 6.00. The number of hydrogen-bond donors (Lipinski definition) is 0. The summed E-state index contributed by atoms with van der Waals surface area (Å²) in [5, 5.41) is 0. The number of allylic oxidation sites excluding steroid dienone is 1. The third kappa shape index (κ3) is 4.83. The maximum Gasteiger partial charge on any atom is -0.0190 e. The van der Waals surface area contributed by atoms with Crippen LogP contribution in [0.5, 0.6) is 0 Å². The van der Waals surface area contributed by atoms with Crippen LogP contribution in [0.4, 0.5) is 0 Å². The highest BCUT2D eigenvalue weighted by molar-refractivity contribution is 5.18. The molecule has 1 aromatic rings. The first-order valence-electron chi connectivity index (χ1n) is 6.00. The molecule has 1 atom stereocenters. The van der Waals surface area contributed by atoms with Crippen molar-refractivity contribution in [1.82, 2.24) is 0 Å². The molecule has 0 N–H and O–H groups in total. The third-order valence-corrected chi connectivity index (χ3v) is 2.91. The summed E-state index contributed by atoms with van der Waals surface area (Å²) in [4.78, 5) is 0. The number of rotatable bonds is 7. The Balaban J connectivity index is 2.19. The maximum absolute atomic E-state index is 3.74. The molecular weight excluding hydrogens is 180 g/mol. The molecule has 0 saturated heterocycles. The van der Waals surface area contributed by atoms with Gasteiger partial charge in [0.2, 0.25) is 0 Å². The van der Waals surface area contributed by atoms with Crippen molar-refractivity contribution in [2.45, 2.75) is 44.9 Å². The quantitative estimate of drug-likeness (QED) is 0.434. The number of hydrogen-bond acceptors (Lipinski definition) is 0. The van der Waals surface area contributed by atoms with Gasteiger partial charge in [0.05, 0.1) is 0 Å². The summed E-state index contributed by atoms with van der Waals surface area (Å²) in [7, 11) is 0. The minimum atomic E-state index is 0.704. The van der Waals surface area contributed by atoms with Gasteiger partial charge in [-0.3, -0.25) is 0 Å². The Morgan fingerprint density at radius 1 is 1.13 bits per heavy atom. The van der Waals surface area contributed by atoms with E-state index >= 15 is 0 Å². The highest BCUT2D eigenvalue weighted by Crippen LogP contribution is 2.21. The van der Waals surface area contributed by atoms with E-state index in [1.54, 1.807) is 0 Å². The van der Waals surface area contributed by atoms with Gasteiger partial charge >= 0.3 is 0 Å². The van der Waals surface area contributed by atoms with Gasteiger partial charge in [-0.1, -0.05) is 56.2 Å². The van der Waals surface area contributed by atoms with Gasteiger partial charge in [-0.25, -0.2) is 0 Å². The average Bonchev–Trinajstić information content (AvgIpc) is 2.30. The molecule has 0 bridgehead atoms. The summed E-state index contributed by atoms with van der Waals surface area (Å²) in [5.74, 6) is 0.704. The van der Waals surface area contributed by atoms with E-state index in [1.807, 2.05) is 6.08 Å². The molecule has 82 valence electrons. The molecular formula is C15H22. The van der Waals surface area contributed by atoms with Crippen LogP contribution in [0.3, 0.4) is 0 Å². The van der Waals surface area contributed by atoms with E-state index in [1.165, 1.54) is 37.7 Å². The topological polar surface area (TPSA) is 0 Å². The Kier molecular flexibility index (Phi) is 5.84. The molecule has 0 amide bonds. The molecule has 0 heteroatoms. The van der Waals surface area contributed by atoms with Gasteiger partial charge in [0.1, 0.15) is 0 Å². The molecule has 1 unspecified atom stereocenters. The minimum Gasteiger partial charge on any atom is -0.103 e. The van der Waals surface area contributed by atoms with E-state index < -0.39 is 0 Å². The normalized spacial score (nSPS) is 12.3. The van der Waals surface area contributed by atoms with Gasteiger partial charge in [-0.2, -0.15) is 0 Å². The predicted molar refractivity (Wildman–Crippen MR) is 68.1 cm³/mol. The first-order chi connectivity index (χ1) is 7.34. The fourth-order valence-corrected chi connectivity index (χ4v) is 1.86. The number of unbranched alkanes of at least 4 members (excludes halogenated alkanes) is 3. The summed E-state index contributed by atoms with van der Waals surface area (Å²) in [6.45, 7) is 6.06. The van der Waals surface area contributed by atoms with Crippen LogP contribution in [0.25, 0.3) is 0 Å². The van der Waals surface area contributed by atoms with Crippen molar-refractivity contribution in [1.29, 1.82) is 0 Å². The van der Waals surface area contributed by atoms with Gasteiger partial charge < -0.3 is 0 Å². The molecule has 0 aliphatic carbocycles. The molecule has 1 aromatic carbocycles. The van der Waals surface area contributed by atoms with Crippen molar-refractivity contribution in [2.24, 2.45) is 0 Å². The van der Waals surface area contributed by atoms with Gasteiger partial charge in [0.15, 0.2) is 0 Å². The second-order valence-electron chi connectivity index (χ2n) is 4.24. The Hall–Kier alpha value is -1.04. The van der Waals surface area contributed by atoms with E-state index in [0.717, 1.165) is 0 Å². The van der Waals surface area contributed by atoms with Crippen molar-refractivity contribution < 1.29 is 0 Å². The van der Waals surface area contributed by atoms with Crippen LogP contribution < -0.4 is 0 Å². The van der Waals surface area contributed by atoms with Crippen LogP contribution in [0.2, 0.25) is 0 Å². The Morgan fingerprint density at radius 3 is 2.53 bits per heavy atom. The van der Waals surface area contributed by atoms with E-state index in [4.69, 9.17) is 0 Å². The largest absolute Gasteiger partial charge is 0.103 e. The second-order valence-corrected chi connectivity index (χ2v) is 4.24. The van der Waals surface area contributed by atoms with E-state index in [9.17, 15) is 0 Å². The third-order valence-electron chi connectivity index (χ3n) is 2.91. The zero-order chi connectivity index (χ0) is 10.9.